The first-order valence-corrected chi connectivity index (χ1v) is 8.92. The van der Waals surface area contributed by atoms with Crippen LogP contribution in [0.25, 0.3) is 0 Å². The van der Waals surface area contributed by atoms with Crippen LogP contribution in [-0.4, -0.2) is 29.5 Å². The number of rotatable bonds is 5. The van der Waals surface area contributed by atoms with Crippen molar-refractivity contribution in [2.24, 2.45) is 5.92 Å². The maximum atomic E-state index is 12.6. The van der Waals surface area contributed by atoms with Crippen LogP contribution in [0.1, 0.15) is 44.1 Å². The van der Waals surface area contributed by atoms with Crippen LogP contribution in [0.4, 0.5) is 0 Å². The van der Waals surface area contributed by atoms with Gasteiger partial charge in [0.05, 0.1) is 6.61 Å². The third-order valence-corrected chi connectivity index (χ3v) is 5.33. The van der Waals surface area contributed by atoms with Crippen molar-refractivity contribution in [2.75, 3.05) is 6.61 Å². The van der Waals surface area contributed by atoms with E-state index in [2.05, 4.69) is 11.0 Å². The molecule has 0 spiro atoms. The largest absolute Gasteiger partial charge is 0.367 e. The zero-order chi connectivity index (χ0) is 15.6. The number of nitrogens with zero attached hydrogens (tertiary/aromatic N) is 1. The molecule has 3 aliphatic rings. The topological polar surface area (TPSA) is 29.5 Å². The van der Waals surface area contributed by atoms with Crippen LogP contribution < -0.4 is 0 Å². The average Bonchev–Trinajstić information content (AvgIpc) is 3.33. The highest BCUT2D eigenvalue weighted by Gasteiger charge is 2.41. The molecule has 0 N–H and O–H groups in total. The van der Waals surface area contributed by atoms with Gasteiger partial charge in [0.1, 0.15) is 6.61 Å². The molecule has 0 aromatic heterocycles. The lowest BCUT2D eigenvalue weighted by Gasteiger charge is -2.36. The zero-order valence-electron chi connectivity index (χ0n) is 13.6. The number of amides is 1. The van der Waals surface area contributed by atoms with Gasteiger partial charge in [-0.1, -0.05) is 42.0 Å². The summed E-state index contributed by atoms with van der Waals surface area (Å²) in [5.74, 6) is 1.03. The Bertz CT molecular complexity index is 575. The molecule has 1 aromatic rings. The third kappa shape index (κ3) is 3.50. The van der Waals surface area contributed by atoms with Crippen molar-refractivity contribution < 1.29 is 9.53 Å². The summed E-state index contributed by atoms with van der Waals surface area (Å²) in [4.78, 5) is 14.7. The molecule has 4 rings (SSSR count). The maximum absolute atomic E-state index is 12.6. The van der Waals surface area contributed by atoms with Gasteiger partial charge in [0.2, 0.25) is 5.91 Å². The van der Waals surface area contributed by atoms with E-state index >= 15 is 0 Å². The van der Waals surface area contributed by atoms with E-state index < -0.39 is 0 Å². The quantitative estimate of drug-likeness (QED) is 0.776. The Morgan fingerprint density at radius 1 is 1.09 bits per heavy atom. The summed E-state index contributed by atoms with van der Waals surface area (Å²) >= 11 is 0. The molecule has 1 saturated carbocycles. The summed E-state index contributed by atoms with van der Waals surface area (Å²) in [6.07, 6.45) is 9.76. The highest BCUT2D eigenvalue weighted by Crippen LogP contribution is 2.41. The lowest BCUT2D eigenvalue weighted by Crippen LogP contribution is -2.46. The van der Waals surface area contributed by atoms with Crippen molar-refractivity contribution in [3.05, 3.63) is 47.5 Å². The standard InChI is InChI=1S/C20H25NO2/c22-20(14-23-13-16-4-2-1-3-5-16)21-18-8-9-19(21)12-17(11-18)10-15-6-7-15/h1-5,10,15,18-19H,6-9,11-14H2. The molecule has 2 unspecified atom stereocenters. The lowest BCUT2D eigenvalue weighted by atomic mass is 9.95. The van der Waals surface area contributed by atoms with E-state index in [1.165, 1.54) is 12.8 Å². The Labute approximate surface area is 138 Å². The smallest absolute Gasteiger partial charge is 0.249 e. The van der Waals surface area contributed by atoms with E-state index in [-0.39, 0.29) is 12.5 Å². The normalized spacial score (nSPS) is 26.4. The number of hydrogen-bond donors (Lipinski definition) is 0. The predicted molar refractivity (Wildman–Crippen MR) is 89.8 cm³/mol. The Kier molecular flexibility index (Phi) is 4.21. The minimum atomic E-state index is 0.180. The number of carbonyl (C=O) groups is 1. The molecule has 3 nitrogen and oxygen atoms in total. The average molecular weight is 311 g/mol. The lowest BCUT2D eigenvalue weighted by molar-refractivity contribution is -0.140. The summed E-state index contributed by atoms with van der Waals surface area (Å²) in [6, 6.07) is 10.9. The van der Waals surface area contributed by atoms with Crippen molar-refractivity contribution in [3.63, 3.8) is 0 Å². The van der Waals surface area contributed by atoms with Crippen molar-refractivity contribution in [3.8, 4) is 0 Å². The fourth-order valence-electron chi connectivity index (χ4n) is 4.10. The minimum Gasteiger partial charge on any atom is -0.367 e. The third-order valence-electron chi connectivity index (χ3n) is 5.33. The molecule has 2 aliphatic heterocycles. The first-order chi connectivity index (χ1) is 11.3. The molecule has 2 atom stereocenters. The van der Waals surface area contributed by atoms with Crippen LogP contribution in [-0.2, 0) is 16.1 Å². The fraction of sp³-hybridized carbons (Fsp3) is 0.550. The Hall–Kier alpha value is -1.61. The highest BCUT2D eigenvalue weighted by atomic mass is 16.5. The molecule has 122 valence electrons. The summed E-state index contributed by atoms with van der Waals surface area (Å²) < 4.78 is 5.65. The van der Waals surface area contributed by atoms with Gasteiger partial charge < -0.3 is 9.64 Å². The molecular weight excluding hydrogens is 286 g/mol. The molecule has 2 heterocycles. The summed E-state index contributed by atoms with van der Waals surface area (Å²) in [7, 11) is 0. The van der Waals surface area contributed by atoms with Gasteiger partial charge in [-0.3, -0.25) is 4.79 Å². The van der Waals surface area contributed by atoms with Crippen molar-refractivity contribution in [2.45, 2.75) is 57.2 Å². The van der Waals surface area contributed by atoms with E-state index in [1.54, 1.807) is 5.57 Å². The predicted octanol–water partition coefficient (Wildman–Crippen LogP) is 3.69. The highest BCUT2D eigenvalue weighted by molar-refractivity contribution is 5.78. The van der Waals surface area contributed by atoms with E-state index in [0.717, 1.165) is 37.2 Å². The Morgan fingerprint density at radius 2 is 1.78 bits per heavy atom. The number of benzene rings is 1. The minimum absolute atomic E-state index is 0.180. The second-order valence-corrected chi connectivity index (χ2v) is 7.23. The molecule has 23 heavy (non-hydrogen) atoms. The second kappa shape index (κ2) is 6.48. The zero-order valence-corrected chi connectivity index (χ0v) is 13.6. The van der Waals surface area contributed by atoms with Crippen molar-refractivity contribution in [1.82, 2.24) is 4.90 Å². The second-order valence-electron chi connectivity index (χ2n) is 7.23. The van der Waals surface area contributed by atoms with E-state index in [1.807, 2.05) is 30.3 Å². The van der Waals surface area contributed by atoms with Crippen molar-refractivity contribution >= 4 is 5.91 Å². The van der Waals surface area contributed by atoms with Crippen LogP contribution in [0, 0.1) is 5.92 Å². The molecule has 0 radical (unpaired) electrons. The number of fused-ring (bicyclic) bond motifs is 2. The molecule has 2 bridgehead atoms. The molecule has 2 saturated heterocycles. The number of carbonyl (C=O) groups excluding carboxylic acids is 1. The van der Waals surface area contributed by atoms with Gasteiger partial charge in [0.25, 0.3) is 0 Å². The summed E-state index contributed by atoms with van der Waals surface area (Å²) in [5.41, 5.74) is 2.73. The number of hydrogen-bond acceptors (Lipinski definition) is 2. The SMILES string of the molecule is O=C(COCc1ccccc1)N1C2CCC1CC(=CC1CC1)C2. The number of allylic oxidation sites excluding steroid dienone is 1. The van der Waals surface area contributed by atoms with Crippen LogP contribution >= 0.6 is 0 Å². The molecule has 3 heteroatoms. The molecule has 3 fully saturated rings. The maximum Gasteiger partial charge on any atom is 0.249 e. The van der Waals surface area contributed by atoms with Crippen LogP contribution in [0.3, 0.4) is 0 Å². The van der Waals surface area contributed by atoms with E-state index in [4.69, 9.17) is 4.74 Å². The van der Waals surface area contributed by atoms with Crippen LogP contribution in [0.2, 0.25) is 0 Å². The van der Waals surface area contributed by atoms with Gasteiger partial charge >= 0.3 is 0 Å². The number of ether oxygens (including phenoxy) is 1. The van der Waals surface area contributed by atoms with Gasteiger partial charge in [0.15, 0.2) is 0 Å². The first kappa shape index (κ1) is 14.9. The number of piperidine rings is 1. The monoisotopic (exact) mass is 311 g/mol. The first-order valence-electron chi connectivity index (χ1n) is 8.92. The Balaban J connectivity index is 1.31. The van der Waals surface area contributed by atoms with Crippen molar-refractivity contribution in [1.29, 1.82) is 0 Å². The molecule has 1 aromatic carbocycles. The molecule has 1 aliphatic carbocycles. The van der Waals surface area contributed by atoms with E-state index in [9.17, 15) is 4.79 Å². The van der Waals surface area contributed by atoms with E-state index in [0.29, 0.717) is 18.7 Å². The summed E-state index contributed by atoms with van der Waals surface area (Å²) in [5, 5.41) is 0. The van der Waals surface area contributed by atoms with Crippen LogP contribution in [0.5, 0.6) is 0 Å². The molecular formula is C20H25NO2. The van der Waals surface area contributed by atoms with Gasteiger partial charge in [-0.15, -0.1) is 0 Å². The van der Waals surface area contributed by atoms with Gasteiger partial charge in [0, 0.05) is 12.1 Å². The van der Waals surface area contributed by atoms with Crippen LogP contribution in [0.15, 0.2) is 42.0 Å². The molecule has 1 amide bonds. The Morgan fingerprint density at radius 3 is 2.43 bits per heavy atom. The van der Waals surface area contributed by atoms with Gasteiger partial charge in [-0.2, -0.15) is 0 Å². The summed E-state index contributed by atoms with van der Waals surface area (Å²) in [6.45, 7) is 0.728. The van der Waals surface area contributed by atoms with Gasteiger partial charge in [-0.25, -0.2) is 0 Å². The fourth-order valence-corrected chi connectivity index (χ4v) is 4.10. The van der Waals surface area contributed by atoms with Gasteiger partial charge in [-0.05, 0) is 50.0 Å².